The molecule has 0 amide bonds. The minimum absolute atomic E-state index is 0.762. The zero-order valence-corrected chi connectivity index (χ0v) is 12.4. The van der Waals surface area contributed by atoms with E-state index in [9.17, 15) is 9.90 Å². The first-order valence-corrected chi connectivity index (χ1v) is 7.37. The van der Waals surface area contributed by atoms with Crippen molar-refractivity contribution < 1.29 is 9.90 Å². The Hall–Kier alpha value is -1.39. The topological polar surface area (TPSA) is 52.6 Å². The molecule has 4 heteroatoms. The molecule has 1 atom stereocenters. The van der Waals surface area contributed by atoms with Crippen LogP contribution in [0.5, 0.6) is 0 Å². The minimum Gasteiger partial charge on any atom is -0.480 e. The van der Waals surface area contributed by atoms with Crippen molar-refractivity contribution in [3.8, 4) is 0 Å². The van der Waals surface area contributed by atoms with E-state index in [0.717, 1.165) is 44.6 Å². The summed E-state index contributed by atoms with van der Waals surface area (Å²) in [5, 5.41) is 13.1. The molecule has 0 spiro atoms. The molecule has 0 bridgehead atoms. The lowest BCUT2D eigenvalue weighted by molar-refractivity contribution is -0.151. The van der Waals surface area contributed by atoms with Crippen molar-refractivity contribution in [3.63, 3.8) is 0 Å². The van der Waals surface area contributed by atoms with Crippen LogP contribution < -0.4 is 5.32 Å². The summed E-state index contributed by atoms with van der Waals surface area (Å²) in [6, 6.07) is 8.00. The monoisotopic (exact) mass is 276 g/mol. The quantitative estimate of drug-likeness (QED) is 0.881. The third kappa shape index (κ3) is 2.86. The number of carbonyl (C=O) groups is 1. The Morgan fingerprint density at radius 3 is 2.60 bits per heavy atom. The highest BCUT2D eigenvalue weighted by Crippen LogP contribution is 2.29. The average Bonchev–Trinajstić information content (AvgIpc) is 2.75. The molecule has 0 radical (unpaired) electrons. The summed E-state index contributed by atoms with van der Waals surface area (Å²) in [4.78, 5) is 14.0. The molecule has 1 fully saturated rings. The second-order valence-corrected chi connectivity index (χ2v) is 5.52. The molecule has 0 saturated carbocycles. The second kappa shape index (κ2) is 6.37. The first-order chi connectivity index (χ1) is 9.59. The molecule has 4 nitrogen and oxygen atoms in total. The molecule has 1 aliphatic rings. The van der Waals surface area contributed by atoms with Crippen molar-refractivity contribution in [1.82, 2.24) is 10.2 Å². The summed E-state index contributed by atoms with van der Waals surface area (Å²) in [6.45, 7) is 7.30. The van der Waals surface area contributed by atoms with Crippen molar-refractivity contribution in [3.05, 3.63) is 35.4 Å². The molecule has 1 aromatic rings. The van der Waals surface area contributed by atoms with Crippen LogP contribution in [-0.2, 0) is 16.8 Å². The van der Waals surface area contributed by atoms with Crippen molar-refractivity contribution >= 4 is 5.97 Å². The second-order valence-electron chi connectivity index (χ2n) is 5.52. The first kappa shape index (κ1) is 15.0. The first-order valence-electron chi connectivity index (χ1n) is 7.37. The lowest BCUT2D eigenvalue weighted by Gasteiger charge is -2.37. The third-order valence-electron chi connectivity index (χ3n) is 4.31. The maximum Gasteiger partial charge on any atom is 0.328 e. The number of aryl methyl sites for hydroxylation is 1. The molecule has 0 aromatic heterocycles. The zero-order chi connectivity index (χ0) is 14.6. The van der Waals surface area contributed by atoms with Gasteiger partial charge in [0.15, 0.2) is 0 Å². The lowest BCUT2D eigenvalue weighted by Crippen LogP contribution is -2.51. The van der Waals surface area contributed by atoms with Gasteiger partial charge < -0.3 is 10.4 Å². The Morgan fingerprint density at radius 2 is 2.00 bits per heavy atom. The number of carboxylic acids is 1. The van der Waals surface area contributed by atoms with E-state index in [4.69, 9.17) is 0 Å². The Balaban J connectivity index is 2.33. The van der Waals surface area contributed by atoms with Crippen molar-refractivity contribution in [1.29, 1.82) is 0 Å². The predicted molar refractivity (Wildman–Crippen MR) is 79.9 cm³/mol. The van der Waals surface area contributed by atoms with Gasteiger partial charge in [-0.15, -0.1) is 0 Å². The van der Waals surface area contributed by atoms with Crippen LogP contribution in [0.4, 0.5) is 0 Å². The van der Waals surface area contributed by atoms with Gasteiger partial charge in [0.1, 0.15) is 5.54 Å². The van der Waals surface area contributed by atoms with E-state index in [2.05, 4.69) is 17.1 Å². The summed E-state index contributed by atoms with van der Waals surface area (Å²) in [6.07, 6.45) is 1.95. The van der Waals surface area contributed by atoms with E-state index >= 15 is 0 Å². The average molecular weight is 276 g/mol. The van der Waals surface area contributed by atoms with Gasteiger partial charge in [-0.25, -0.2) is 4.79 Å². The third-order valence-corrected chi connectivity index (χ3v) is 4.31. The Labute approximate surface area is 120 Å². The summed E-state index contributed by atoms with van der Waals surface area (Å²) in [7, 11) is 0. The van der Waals surface area contributed by atoms with Crippen molar-refractivity contribution in [2.24, 2.45) is 0 Å². The number of carboxylic acid groups (broad SMARTS) is 1. The highest BCUT2D eigenvalue weighted by Gasteiger charge is 2.41. The van der Waals surface area contributed by atoms with E-state index < -0.39 is 11.5 Å². The van der Waals surface area contributed by atoms with Gasteiger partial charge in [0.2, 0.25) is 0 Å². The molecule has 1 unspecified atom stereocenters. The number of hydrogen-bond acceptors (Lipinski definition) is 3. The maximum atomic E-state index is 11.9. The predicted octanol–water partition coefficient (Wildman–Crippen LogP) is 1.84. The van der Waals surface area contributed by atoms with Crippen LogP contribution in [0.3, 0.4) is 0 Å². The Bertz CT molecular complexity index is 450. The number of aliphatic carboxylic acids is 1. The molecular formula is C16H24N2O2. The molecular weight excluding hydrogens is 252 g/mol. The van der Waals surface area contributed by atoms with Gasteiger partial charge in [-0.05, 0) is 37.4 Å². The van der Waals surface area contributed by atoms with Gasteiger partial charge >= 0.3 is 5.97 Å². The van der Waals surface area contributed by atoms with Crippen LogP contribution in [0.15, 0.2) is 24.3 Å². The molecule has 20 heavy (non-hydrogen) atoms. The summed E-state index contributed by atoms with van der Waals surface area (Å²) >= 11 is 0. The SMILES string of the molecule is CCc1ccc(C(C)(C(=O)O)N2CCCNCC2)cc1. The van der Waals surface area contributed by atoms with Gasteiger partial charge in [-0.2, -0.15) is 0 Å². The van der Waals surface area contributed by atoms with Gasteiger partial charge in [0, 0.05) is 19.6 Å². The zero-order valence-electron chi connectivity index (χ0n) is 12.4. The lowest BCUT2D eigenvalue weighted by atomic mass is 9.89. The van der Waals surface area contributed by atoms with Crippen LogP contribution in [0.25, 0.3) is 0 Å². The number of nitrogens with zero attached hydrogens (tertiary/aromatic N) is 1. The van der Waals surface area contributed by atoms with Gasteiger partial charge in [0.25, 0.3) is 0 Å². The molecule has 2 N–H and O–H groups in total. The summed E-state index contributed by atoms with van der Waals surface area (Å²) in [5.74, 6) is -0.774. The normalized spacial score (nSPS) is 20.1. The molecule has 1 aliphatic heterocycles. The highest BCUT2D eigenvalue weighted by molar-refractivity contribution is 5.80. The Kier molecular flexibility index (Phi) is 4.78. The van der Waals surface area contributed by atoms with E-state index in [1.807, 2.05) is 31.2 Å². The van der Waals surface area contributed by atoms with Crippen LogP contribution in [0, 0.1) is 0 Å². The van der Waals surface area contributed by atoms with Crippen molar-refractivity contribution in [2.45, 2.75) is 32.2 Å². The van der Waals surface area contributed by atoms with Crippen LogP contribution in [0.2, 0.25) is 0 Å². The molecule has 0 aliphatic carbocycles. The standard InChI is InChI=1S/C16H24N2O2/c1-3-13-5-7-14(8-6-13)16(2,15(19)20)18-11-4-9-17-10-12-18/h5-8,17H,3-4,9-12H2,1-2H3,(H,19,20). The van der Waals surface area contributed by atoms with Crippen LogP contribution in [-0.4, -0.2) is 42.2 Å². The molecule has 110 valence electrons. The minimum atomic E-state index is -0.946. The van der Waals surface area contributed by atoms with E-state index in [1.54, 1.807) is 0 Å². The number of rotatable bonds is 4. The number of nitrogens with one attached hydrogen (secondary N) is 1. The molecule has 1 saturated heterocycles. The largest absolute Gasteiger partial charge is 0.480 e. The van der Waals surface area contributed by atoms with Gasteiger partial charge in [-0.3, -0.25) is 4.90 Å². The number of hydrogen-bond donors (Lipinski definition) is 2. The van der Waals surface area contributed by atoms with Gasteiger partial charge in [-0.1, -0.05) is 31.2 Å². The summed E-state index contributed by atoms with van der Waals surface area (Å²) < 4.78 is 0. The fourth-order valence-corrected chi connectivity index (χ4v) is 2.80. The fraction of sp³-hybridized carbons (Fsp3) is 0.562. The van der Waals surface area contributed by atoms with Crippen LogP contribution >= 0.6 is 0 Å². The molecule has 1 heterocycles. The smallest absolute Gasteiger partial charge is 0.328 e. The fourth-order valence-electron chi connectivity index (χ4n) is 2.80. The van der Waals surface area contributed by atoms with Crippen LogP contribution in [0.1, 0.15) is 31.4 Å². The molecule has 1 aromatic carbocycles. The summed E-state index contributed by atoms with van der Waals surface area (Å²) in [5.41, 5.74) is 1.15. The number of benzene rings is 1. The maximum absolute atomic E-state index is 11.9. The van der Waals surface area contributed by atoms with E-state index in [1.165, 1.54) is 5.56 Å². The van der Waals surface area contributed by atoms with E-state index in [-0.39, 0.29) is 0 Å². The van der Waals surface area contributed by atoms with Gasteiger partial charge in [0.05, 0.1) is 0 Å². The van der Waals surface area contributed by atoms with E-state index in [0.29, 0.717) is 0 Å². The van der Waals surface area contributed by atoms with Crippen molar-refractivity contribution in [2.75, 3.05) is 26.2 Å². The molecule has 2 rings (SSSR count). The Morgan fingerprint density at radius 1 is 1.30 bits per heavy atom. The highest BCUT2D eigenvalue weighted by atomic mass is 16.4.